The van der Waals surface area contributed by atoms with Gasteiger partial charge in [-0.2, -0.15) is 0 Å². The van der Waals surface area contributed by atoms with Gasteiger partial charge in [-0.25, -0.2) is 0 Å². The van der Waals surface area contributed by atoms with Crippen molar-refractivity contribution in [1.29, 1.82) is 0 Å². The molecule has 0 amide bonds. The van der Waals surface area contributed by atoms with Gasteiger partial charge in [0.2, 0.25) is 0 Å². The molecule has 0 saturated heterocycles. The van der Waals surface area contributed by atoms with E-state index in [1.807, 2.05) is 0 Å². The molecule has 1 heterocycles. The number of ether oxygens (including phenoxy) is 3. The van der Waals surface area contributed by atoms with Crippen LogP contribution in [0.5, 0.6) is 0 Å². The van der Waals surface area contributed by atoms with Crippen molar-refractivity contribution in [2.75, 3.05) is 20.8 Å². The molecule has 0 spiro atoms. The minimum atomic E-state index is -1.54. The molecule has 9 heteroatoms. The molecule has 2 radical (unpaired) electrons. The third kappa shape index (κ3) is 2.82. The van der Waals surface area contributed by atoms with E-state index < -0.39 is 21.0 Å². The van der Waals surface area contributed by atoms with E-state index >= 15 is 0 Å². The molecule has 0 N–H and O–H groups in total. The molecule has 1 aliphatic heterocycles. The van der Waals surface area contributed by atoms with Crippen LogP contribution in [0, 0.1) is 0 Å². The summed E-state index contributed by atoms with van der Waals surface area (Å²) in [5, 5.41) is 7.32. The van der Waals surface area contributed by atoms with Gasteiger partial charge in [-0.05, 0) is 0 Å². The van der Waals surface area contributed by atoms with Gasteiger partial charge in [-0.15, -0.1) is 0 Å². The molecule has 0 aromatic rings. The third-order valence-corrected chi connectivity index (χ3v) is 4.77. The van der Waals surface area contributed by atoms with Gasteiger partial charge in [-0.3, -0.25) is 0 Å². The van der Waals surface area contributed by atoms with Crippen LogP contribution in [-0.2, 0) is 28.6 Å². The Morgan fingerprint density at radius 3 is 2.26 bits per heavy atom. The van der Waals surface area contributed by atoms with Crippen LogP contribution < -0.4 is 0 Å². The van der Waals surface area contributed by atoms with Crippen LogP contribution in [0.4, 0.5) is 0 Å². The summed E-state index contributed by atoms with van der Waals surface area (Å²) in [6, 6.07) is 0. The van der Waals surface area contributed by atoms with Crippen molar-refractivity contribution >= 4 is 43.7 Å². The van der Waals surface area contributed by atoms with Crippen LogP contribution in [0.3, 0.4) is 0 Å². The van der Waals surface area contributed by atoms with Crippen LogP contribution in [0.1, 0.15) is 6.92 Å². The Balaban J connectivity index is 3.32. The third-order valence-electron chi connectivity index (χ3n) is 2.28. The van der Waals surface area contributed by atoms with Crippen LogP contribution in [0.15, 0.2) is 21.5 Å². The number of azo groups is 1. The molecule has 1 atom stereocenters. The Hall–Kier alpha value is -1.33. The molecular weight excluding hydrogens is 451 g/mol. The average Bonchev–Trinajstić information content (AvgIpc) is 2.76. The summed E-state index contributed by atoms with van der Waals surface area (Å²) in [5.74, 6) is -2.42. The van der Waals surface area contributed by atoms with Crippen molar-refractivity contribution < 1.29 is 28.6 Å². The van der Waals surface area contributed by atoms with E-state index in [4.69, 9.17) is 4.74 Å². The van der Waals surface area contributed by atoms with Gasteiger partial charge in [0.1, 0.15) is 0 Å². The Morgan fingerprint density at radius 2 is 1.79 bits per heavy atom. The molecule has 1 unspecified atom stereocenters. The van der Waals surface area contributed by atoms with Gasteiger partial charge in [0.15, 0.2) is 0 Å². The van der Waals surface area contributed by atoms with Crippen molar-refractivity contribution in [2.45, 2.75) is 10.0 Å². The van der Waals surface area contributed by atoms with Gasteiger partial charge in [0.05, 0.1) is 0 Å². The molecular formula is C10H12N2O6Pb. The van der Waals surface area contributed by atoms with Crippen LogP contribution in [0.2, 0.25) is 0 Å². The second-order valence-corrected chi connectivity index (χ2v) is 6.64. The van der Waals surface area contributed by atoms with Gasteiger partial charge >= 0.3 is 125 Å². The molecule has 102 valence electrons. The maximum absolute atomic E-state index is 11.9. The van der Waals surface area contributed by atoms with E-state index in [9.17, 15) is 14.4 Å². The molecule has 1 aliphatic rings. The first kappa shape index (κ1) is 15.7. The zero-order valence-electron chi connectivity index (χ0n) is 10.6. The standard InChI is InChI=1S/C10H11N2O6.Pb.H/c1-4-18-10(15)7-5(8(13)16-2)6(11-12-7)9(14)17-3;;/h4H2,1-3H3;;. The van der Waals surface area contributed by atoms with E-state index in [0.717, 1.165) is 14.2 Å². The van der Waals surface area contributed by atoms with E-state index in [1.54, 1.807) is 6.92 Å². The Kier molecular flexibility index (Phi) is 5.14. The molecule has 0 aromatic carbocycles. The van der Waals surface area contributed by atoms with Crippen molar-refractivity contribution in [3.63, 3.8) is 0 Å². The van der Waals surface area contributed by atoms with Gasteiger partial charge < -0.3 is 0 Å². The topological polar surface area (TPSA) is 104 Å². The summed E-state index contributed by atoms with van der Waals surface area (Å²) in [7, 11) is 2.28. The minimum absolute atomic E-state index is 0.130. The molecule has 0 aromatic heterocycles. The number of carbonyl (C=O) groups is 3. The molecule has 0 saturated carbocycles. The first-order valence-electron chi connectivity index (χ1n) is 5.22. The second kappa shape index (κ2) is 6.21. The number of carbonyl (C=O) groups excluding carboxylic acids is 3. The molecule has 1 rings (SSSR count). The number of rotatable bonds is 4. The van der Waals surface area contributed by atoms with Gasteiger partial charge in [-0.1, -0.05) is 0 Å². The maximum atomic E-state index is 11.9. The fourth-order valence-corrected chi connectivity index (χ4v) is 2.93. The monoisotopic (exact) mass is 464 g/mol. The fraction of sp³-hybridized carbons (Fsp3) is 0.500. The van der Waals surface area contributed by atoms with Crippen LogP contribution in [0.25, 0.3) is 0 Å². The first-order valence-corrected chi connectivity index (χ1v) is 7.47. The van der Waals surface area contributed by atoms with Crippen molar-refractivity contribution in [2.24, 2.45) is 10.2 Å². The Morgan fingerprint density at radius 1 is 1.21 bits per heavy atom. The quantitative estimate of drug-likeness (QED) is 0.308. The molecule has 19 heavy (non-hydrogen) atoms. The summed E-state index contributed by atoms with van der Waals surface area (Å²) in [6.45, 7) is 1.76. The molecule has 0 fully saturated rings. The Bertz CT molecular complexity index is 486. The normalized spacial score (nSPS) is 21.3. The molecule has 0 aliphatic carbocycles. The van der Waals surface area contributed by atoms with E-state index in [-0.39, 0.29) is 43.6 Å². The SMILES string of the molecule is CCOC(=O)[C]1([PbH])N=NC(C(=O)OC)=C1C(=O)OC. The van der Waals surface area contributed by atoms with Crippen molar-refractivity contribution in [3.05, 3.63) is 11.3 Å². The summed E-state index contributed by atoms with van der Waals surface area (Å²) >= 11 is -0.142. The average molecular weight is 463 g/mol. The predicted molar refractivity (Wildman–Crippen MR) is 62.4 cm³/mol. The van der Waals surface area contributed by atoms with Crippen molar-refractivity contribution in [1.82, 2.24) is 0 Å². The van der Waals surface area contributed by atoms with E-state index in [0.29, 0.717) is 0 Å². The van der Waals surface area contributed by atoms with E-state index in [2.05, 4.69) is 19.7 Å². The number of nitrogens with zero attached hydrogens (tertiary/aromatic N) is 2. The zero-order chi connectivity index (χ0) is 14.6. The summed E-state index contributed by atoms with van der Waals surface area (Å²) in [6.07, 6.45) is 0. The summed E-state index contributed by atoms with van der Waals surface area (Å²) in [4.78, 5) is 35.2. The van der Waals surface area contributed by atoms with Crippen molar-refractivity contribution in [3.8, 4) is 0 Å². The molecule has 0 bridgehead atoms. The number of methoxy groups -OCH3 is 2. The Labute approximate surface area is 124 Å². The zero-order valence-corrected chi connectivity index (χ0v) is 15.1. The van der Waals surface area contributed by atoms with E-state index in [1.165, 1.54) is 0 Å². The predicted octanol–water partition coefficient (Wildman–Crippen LogP) is -0.788. The summed E-state index contributed by atoms with van der Waals surface area (Å²) in [5.41, 5.74) is -0.532. The van der Waals surface area contributed by atoms with Crippen LogP contribution in [-0.4, -0.2) is 67.6 Å². The fourth-order valence-electron chi connectivity index (χ4n) is 1.39. The number of hydrogen-bond acceptors (Lipinski definition) is 8. The number of hydrogen-bond donors (Lipinski definition) is 0. The van der Waals surface area contributed by atoms with Crippen LogP contribution >= 0.6 is 0 Å². The van der Waals surface area contributed by atoms with Gasteiger partial charge in [0.25, 0.3) is 0 Å². The second-order valence-electron chi connectivity index (χ2n) is 3.39. The first-order chi connectivity index (χ1) is 8.92. The van der Waals surface area contributed by atoms with Gasteiger partial charge in [0, 0.05) is 0 Å². The molecule has 8 nitrogen and oxygen atoms in total. The number of esters is 3. The summed E-state index contributed by atoms with van der Waals surface area (Å²) < 4.78 is 12.4.